The third kappa shape index (κ3) is 4.61. The molecular formula is C19H18ClN3O3. The summed E-state index contributed by atoms with van der Waals surface area (Å²) in [6.45, 7) is 2.11. The zero-order valence-corrected chi connectivity index (χ0v) is 15.2. The topological polar surface area (TPSA) is 68.5 Å². The Kier molecular flexibility index (Phi) is 5.53. The quantitative estimate of drug-likeness (QED) is 0.660. The Morgan fingerprint density at radius 2 is 2.00 bits per heavy atom. The van der Waals surface area contributed by atoms with Crippen LogP contribution in [0.25, 0.3) is 11.4 Å². The first-order valence-electron chi connectivity index (χ1n) is 8.03. The molecule has 0 bridgehead atoms. The number of benzene rings is 2. The lowest BCUT2D eigenvalue weighted by Crippen LogP contribution is -2.31. The molecule has 0 unspecified atom stereocenters. The normalized spacial score (nSPS) is 10.6. The van der Waals surface area contributed by atoms with Crippen molar-refractivity contribution in [3.05, 3.63) is 65.0 Å². The fourth-order valence-corrected chi connectivity index (χ4v) is 2.41. The monoisotopic (exact) mass is 371 g/mol. The van der Waals surface area contributed by atoms with Gasteiger partial charge in [-0.1, -0.05) is 28.9 Å². The van der Waals surface area contributed by atoms with Crippen molar-refractivity contribution in [2.75, 3.05) is 13.7 Å². The van der Waals surface area contributed by atoms with E-state index in [-0.39, 0.29) is 19.1 Å². The van der Waals surface area contributed by atoms with Crippen LogP contribution < -0.4 is 4.74 Å². The highest BCUT2D eigenvalue weighted by Gasteiger charge is 2.15. The zero-order valence-electron chi connectivity index (χ0n) is 14.5. The van der Waals surface area contributed by atoms with E-state index in [0.717, 1.165) is 11.1 Å². The van der Waals surface area contributed by atoms with Gasteiger partial charge in [0.15, 0.2) is 6.61 Å². The maximum atomic E-state index is 12.2. The molecule has 0 saturated heterocycles. The highest BCUT2D eigenvalue weighted by molar-refractivity contribution is 6.30. The molecule has 0 atom stereocenters. The van der Waals surface area contributed by atoms with Crippen LogP contribution in [-0.4, -0.2) is 34.6 Å². The van der Waals surface area contributed by atoms with Crippen LogP contribution in [0.4, 0.5) is 0 Å². The molecule has 0 N–H and O–H groups in total. The molecule has 134 valence electrons. The van der Waals surface area contributed by atoms with Crippen molar-refractivity contribution < 1.29 is 14.1 Å². The van der Waals surface area contributed by atoms with E-state index in [4.69, 9.17) is 20.9 Å². The van der Waals surface area contributed by atoms with Gasteiger partial charge in [0.2, 0.25) is 11.7 Å². The molecule has 1 aromatic heterocycles. The second-order valence-electron chi connectivity index (χ2n) is 5.87. The predicted molar refractivity (Wildman–Crippen MR) is 97.9 cm³/mol. The lowest BCUT2D eigenvalue weighted by atomic mass is 10.2. The highest BCUT2D eigenvalue weighted by Crippen LogP contribution is 2.19. The van der Waals surface area contributed by atoms with E-state index in [1.165, 1.54) is 4.90 Å². The van der Waals surface area contributed by atoms with Gasteiger partial charge in [-0.3, -0.25) is 4.79 Å². The predicted octanol–water partition coefficient (Wildman–Crippen LogP) is 3.74. The van der Waals surface area contributed by atoms with E-state index in [1.54, 1.807) is 19.2 Å². The third-order valence-corrected chi connectivity index (χ3v) is 3.97. The van der Waals surface area contributed by atoms with E-state index in [2.05, 4.69) is 10.1 Å². The van der Waals surface area contributed by atoms with Gasteiger partial charge in [-0.2, -0.15) is 4.98 Å². The summed E-state index contributed by atoms with van der Waals surface area (Å²) in [7, 11) is 1.66. The van der Waals surface area contributed by atoms with E-state index < -0.39 is 0 Å². The average Bonchev–Trinajstić information content (AvgIpc) is 3.08. The standard InChI is InChI=1S/C19H18ClN3O3/c1-13-4-3-5-16(10-13)25-12-18(24)23(2)11-17-21-19(22-26-17)14-6-8-15(20)9-7-14/h3-10H,11-12H2,1-2H3. The molecule has 0 radical (unpaired) electrons. The van der Waals surface area contributed by atoms with Crippen LogP contribution in [0.5, 0.6) is 5.75 Å². The minimum atomic E-state index is -0.183. The largest absolute Gasteiger partial charge is 0.484 e. The number of hydrogen-bond acceptors (Lipinski definition) is 5. The number of aromatic nitrogens is 2. The molecule has 0 aliphatic rings. The Morgan fingerprint density at radius 3 is 2.73 bits per heavy atom. The molecule has 0 saturated carbocycles. The zero-order chi connectivity index (χ0) is 18.5. The van der Waals surface area contributed by atoms with Gasteiger partial charge in [-0.15, -0.1) is 0 Å². The molecule has 26 heavy (non-hydrogen) atoms. The number of rotatable bonds is 6. The number of nitrogens with zero attached hydrogens (tertiary/aromatic N) is 3. The lowest BCUT2D eigenvalue weighted by molar-refractivity contribution is -0.132. The SMILES string of the molecule is Cc1cccc(OCC(=O)N(C)Cc2nc(-c3ccc(Cl)cc3)no2)c1. The van der Waals surface area contributed by atoms with Crippen LogP contribution in [0.15, 0.2) is 53.1 Å². The molecule has 2 aromatic carbocycles. The van der Waals surface area contributed by atoms with Gasteiger partial charge in [0.1, 0.15) is 5.75 Å². The van der Waals surface area contributed by atoms with Gasteiger partial charge in [0.25, 0.3) is 5.91 Å². The van der Waals surface area contributed by atoms with Gasteiger partial charge in [-0.05, 0) is 48.9 Å². The van der Waals surface area contributed by atoms with Gasteiger partial charge < -0.3 is 14.2 Å². The van der Waals surface area contributed by atoms with E-state index in [0.29, 0.717) is 22.5 Å². The van der Waals surface area contributed by atoms with Gasteiger partial charge in [0.05, 0.1) is 6.54 Å². The minimum Gasteiger partial charge on any atom is -0.484 e. The van der Waals surface area contributed by atoms with Crippen molar-refractivity contribution >= 4 is 17.5 Å². The van der Waals surface area contributed by atoms with E-state index in [9.17, 15) is 4.79 Å². The lowest BCUT2D eigenvalue weighted by Gasteiger charge is -2.15. The molecule has 0 fully saturated rings. The average molecular weight is 372 g/mol. The molecule has 7 heteroatoms. The summed E-state index contributed by atoms with van der Waals surface area (Å²) in [5, 5.41) is 4.57. The summed E-state index contributed by atoms with van der Waals surface area (Å²) >= 11 is 5.87. The Labute approximate surface area is 156 Å². The first-order valence-corrected chi connectivity index (χ1v) is 8.41. The second-order valence-corrected chi connectivity index (χ2v) is 6.31. The number of likely N-dealkylation sites (N-methyl/N-ethyl adjacent to an activating group) is 1. The van der Waals surface area contributed by atoms with Gasteiger partial charge in [-0.25, -0.2) is 0 Å². The fourth-order valence-electron chi connectivity index (χ4n) is 2.29. The summed E-state index contributed by atoms with van der Waals surface area (Å²) in [5.74, 6) is 1.28. The van der Waals surface area contributed by atoms with Crippen LogP contribution in [0.2, 0.25) is 5.02 Å². The van der Waals surface area contributed by atoms with Crippen LogP contribution in [0.1, 0.15) is 11.5 Å². The molecule has 3 rings (SSSR count). The number of halogens is 1. The Balaban J connectivity index is 1.56. The van der Waals surface area contributed by atoms with E-state index >= 15 is 0 Å². The second kappa shape index (κ2) is 8.01. The number of carbonyl (C=O) groups is 1. The number of amides is 1. The molecule has 0 spiro atoms. The van der Waals surface area contributed by atoms with Crippen molar-refractivity contribution in [2.45, 2.75) is 13.5 Å². The summed E-state index contributed by atoms with van der Waals surface area (Å²) in [5.41, 5.74) is 1.87. The summed E-state index contributed by atoms with van der Waals surface area (Å²) < 4.78 is 10.7. The van der Waals surface area contributed by atoms with Crippen molar-refractivity contribution in [1.29, 1.82) is 0 Å². The maximum Gasteiger partial charge on any atom is 0.260 e. The summed E-state index contributed by atoms with van der Waals surface area (Å²) in [6, 6.07) is 14.7. The number of hydrogen-bond donors (Lipinski definition) is 0. The number of ether oxygens (including phenoxy) is 1. The number of carbonyl (C=O) groups excluding carboxylic acids is 1. The molecular weight excluding hydrogens is 354 g/mol. The van der Waals surface area contributed by atoms with Crippen molar-refractivity contribution in [3.63, 3.8) is 0 Å². The smallest absolute Gasteiger partial charge is 0.260 e. The first-order chi connectivity index (χ1) is 12.5. The maximum absolute atomic E-state index is 12.2. The fraction of sp³-hybridized carbons (Fsp3) is 0.211. The third-order valence-electron chi connectivity index (χ3n) is 3.72. The Bertz CT molecular complexity index is 893. The molecule has 0 aliphatic heterocycles. The summed E-state index contributed by atoms with van der Waals surface area (Å²) in [4.78, 5) is 18.0. The van der Waals surface area contributed by atoms with Gasteiger partial charge >= 0.3 is 0 Å². The van der Waals surface area contributed by atoms with Crippen LogP contribution in [-0.2, 0) is 11.3 Å². The highest BCUT2D eigenvalue weighted by atomic mass is 35.5. The molecule has 1 heterocycles. The molecule has 0 aliphatic carbocycles. The summed E-state index contributed by atoms with van der Waals surface area (Å²) in [6.07, 6.45) is 0. The van der Waals surface area contributed by atoms with Gasteiger partial charge in [0, 0.05) is 17.6 Å². The molecule has 3 aromatic rings. The van der Waals surface area contributed by atoms with E-state index in [1.807, 2.05) is 43.3 Å². The molecule has 1 amide bonds. The van der Waals surface area contributed by atoms with Crippen molar-refractivity contribution in [1.82, 2.24) is 15.0 Å². The number of aryl methyl sites for hydroxylation is 1. The first kappa shape index (κ1) is 17.9. The van der Waals surface area contributed by atoms with Crippen molar-refractivity contribution in [2.24, 2.45) is 0 Å². The molecule has 6 nitrogen and oxygen atoms in total. The Morgan fingerprint density at radius 1 is 1.23 bits per heavy atom. The van der Waals surface area contributed by atoms with Crippen LogP contribution >= 0.6 is 11.6 Å². The Hall–Kier alpha value is -2.86. The van der Waals surface area contributed by atoms with Crippen LogP contribution in [0, 0.1) is 6.92 Å². The van der Waals surface area contributed by atoms with Crippen LogP contribution in [0.3, 0.4) is 0 Å². The minimum absolute atomic E-state index is 0.0574. The van der Waals surface area contributed by atoms with Crippen molar-refractivity contribution in [3.8, 4) is 17.1 Å².